The molecule has 0 radical (unpaired) electrons. The van der Waals surface area contributed by atoms with Crippen LogP contribution in [0.15, 0.2) is 60.7 Å². The molecule has 0 amide bonds. The molecule has 3 aromatic rings. The van der Waals surface area contributed by atoms with Crippen molar-refractivity contribution in [2.45, 2.75) is 84.1 Å². The number of rotatable bonds is 12. The van der Waals surface area contributed by atoms with Crippen molar-refractivity contribution in [3.8, 4) is 11.5 Å². The van der Waals surface area contributed by atoms with Gasteiger partial charge in [-0.25, -0.2) is 0 Å². The Labute approximate surface area is 218 Å². The number of phenolic OH excluding ortho intramolecular Hbond substituents is 1. The molecule has 36 heavy (non-hydrogen) atoms. The monoisotopic (exact) mass is 485 g/mol. The molecule has 0 fully saturated rings. The minimum atomic E-state index is 0.372. The fraction of sp³-hybridized carbons (Fsp3) is 0.455. The highest BCUT2D eigenvalue weighted by atomic mass is 16.5. The number of fused-ring (bicyclic) bond motifs is 1. The molecule has 0 saturated heterocycles. The van der Waals surface area contributed by atoms with Crippen LogP contribution in [0.5, 0.6) is 11.5 Å². The summed E-state index contributed by atoms with van der Waals surface area (Å²) in [6.07, 6.45) is 10.9. The Kier molecular flexibility index (Phi) is 9.33. The van der Waals surface area contributed by atoms with Crippen LogP contribution in [-0.2, 0) is 25.8 Å². The van der Waals surface area contributed by atoms with E-state index < -0.39 is 0 Å². The highest BCUT2D eigenvalue weighted by Crippen LogP contribution is 2.40. The fourth-order valence-electron chi connectivity index (χ4n) is 5.61. The topological polar surface area (TPSA) is 32.7 Å². The maximum atomic E-state index is 9.89. The molecular formula is C33H43NO2. The van der Waals surface area contributed by atoms with Crippen LogP contribution in [0, 0.1) is 0 Å². The van der Waals surface area contributed by atoms with Gasteiger partial charge in [-0.3, -0.25) is 0 Å². The number of hydrogen-bond acceptors (Lipinski definition) is 3. The number of methoxy groups -OCH3 is 1. The maximum absolute atomic E-state index is 9.89. The van der Waals surface area contributed by atoms with Gasteiger partial charge in [-0.1, -0.05) is 69.0 Å². The van der Waals surface area contributed by atoms with E-state index in [2.05, 4.69) is 67.3 Å². The third kappa shape index (κ3) is 6.63. The van der Waals surface area contributed by atoms with Gasteiger partial charge in [0.2, 0.25) is 0 Å². The molecule has 0 bridgehead atoms. The summed E-state index contributed by atoms with van der Waals surface area (Å²) in [5, 5.41) is 9.89. The van der Waals surface area contributed by atoms with Gasteiger partial charge in [-0.15, -0.1) is 0 Å². The number of hydrogen-bond donors (Lipinski definition) is 1. The standard InChI is InChI=1S/C33H43NO2/c1-4-6-7-8-9-10-25-11-13-26(14-12-25)24-34(5-2)33-23-31(36-3)19-20-32(33)29-16-15-28-22-30(35)18-17-27(28)21-29/h11-14,17-20,22-23,29,35H,4-10,15-16,21,24H2,1-3H3/t29-/m1/s1. The summed E-state index contributed by atoms with van der Waals surface area (Å²) in [7, 11) is 1.75. The third-order valence-electron chi connectivity index (χ3n) is 7.78. The highest BCUT2D eigenvalue weighted by molar-refractivity contribution is 5.60. The van der Waals surface area contributed by atoms with E-state index in [1.165, 1.54) is 72.0 Å². The minimum Gasteiger partial charge on any atom is -0.508 e. The van der Waals surface area contributed by atoms with E-state index in [9.17, 15) is 5.11 Å². The lowest BCUT2D eigenvalue weighted by molar-refractivity contribution is 0.414. The van der Waals surface area contributed by atoms with Crippen LogP contribution in [0.3, 0.4) is 0 Å². The Morgan fingerprint density at radius 3 is 2.39 bits per heavy atom. The summed E-state index contributed by atoms with van der Waals surface area (Å²) in [5.41, 5.74) is 8.14. The summed E-state index contributed by atoms with van der Waals surface area (Å²) in [6.45, 7) is 6.35. The molecule has 1 atom stereocenters. The van der Waals surface area contributed by atoms with Crippen LogP contribution < -0.4 is 9.64 Å². The average molecular weight is 486 g/mol. The Morgan fingerprint density at radius 1 is 0.861 bits per heavy atom. The zero-order chi connectivity index (χ0) is 25.3. The number of ether oxygens (including phenoxy) is 1. The van der Waals surface area contributed by atoms with E-state index in [4.69, 9.17) is 4.74 Å². The van der Waals surface area contributed by atoms with E-state index in [1.807, 2.05) is 12.1 Å². The molecule has 3 heteroatoms. The third-order valence-corrected chi connectivity index (χ3v) is 7.78. The first-order valence-electron chi connectivity index (χ1n) is 13.9. The van der Waals surface area contributed by atoms with Gasteiger partial charge in [-0.2, -0.15) is 0 Å². The van der Waals surface area contributed by atoms with E-state index in [0.717, 1.165) is 38.1 Å². The predicted molar refractivity (Wildman–Crippen MR) is 151 cm³/mol. The van der Waals surface area contributed by atoms with Gasteiger partial charge < -0.3 is 14.7 Å². The normalized spacial score (nSPS) is 14.9. The molecule has 1 aliphatic rings. The molecule has 0 saturated carbocycles. The Morgan fingerprint density at radius 2 is 1.64 bits per heavy atom. The Hall–Kier alpha value is -2.94. The molecule has 1 N–H and O–H groups in total. The minimum absolute atomic E-state index is 0.372. The second-order valence-electron chi connectivity index (χ2n) is 10.3. The van der Waals surface area contributed by atoms with Crippen molar-refractivity contribution < 1.29 is 9.84 Å². The van der Waals surface area contributed by atoms with Crippen molar-refractivity contribution in [1.29, 1.82) is 0 Å². The second kappa shape index (κ2) is 12.9. The molecule has 192 valence electrons. The molecular weight excluding hydrogens is 442 g/mol. The van der Waals surface area contributed by atoms with Gasteiger partial charge in [0, 0.05) is 24.8 Å². The van der Waals surface area contributed by atoms with Crippen LogP contribution in [-0.4, -0.2) is 18.8 Å². The second-order valence-corrected chi connectivity index (χ2v) is 10.3. The van der Waals surface area contributed by atoms with Crippen LogP contribution in [0.25, 0.3) is 0 Å². The van der Waals surface area contributed by atoms with Crippen molar-refractivity contribution in [3.05, 3.63) is 88.5 Å². The van der Waals surface area contributed by atoms with Crippen molar-refractivity contribution >= 4 is 5.69 Å². The fourth-order valence-corrected chi connectivity index (χ4v) is 5.61. The molecule has 0 unspecified atom stereocenters. The predicted octanol–water partition coefficient (Wildman–Crippen LogP) is 8.21. The summed E-state index contributed by atoms with van der Waals surface area (Å²) in [6, 6.07) is 21.7. The van der Waals surface area contributed by atoms with Crippen molar-refractivity contribution in [1.82, 2.24) is 0 Å². The van der Waals surface area contributed by atoms with Crippen molar-refractivity contribution in [2.75, 3.05) is 18.6 Å². The first-order valence-corrected chi connectivity index (χ1v) is 13.9. The summed E-state index contributed by atoms with van der Waals surface area (Å²) >= 11 is 0. The molecule has 0 aromatic heterocycles. The van der Waals surface area contributed by atoms with Crippen molar-refractivity contribution in [2.24, 2.45) is 0 Å². The quantitative estimate of drug-likeness (QED) is 0.262. The lowest BCUT2D eigenvalue weighted by Crippen LogP contribution is -2.25. The lowest BCUT2D eigenvalue weighted by Gasteiger charge is -2.32. The number of aryl methyl sites for hydroxylation is 2. The number of unbranched alkanes of at least 4 members (excludes halogenated alkanes) is 4. The number of anilines is 1. The molecule has 0 heterocycles. The van der Waals surface area contributed by atoms with Gasteiger partial charge >= 0.3 is 0 Å². The number of nitrogens with zero attached hydrogens (tertiary/aromatic N) is 1. The largest absolute Gasteiger partial charge is 0.508 e. The van der Waals surface area contributed by atoms with Crippen molar-refractivity contribution in [3.63, 3.8) is 0 Å². The Bertz CT molecular complexity index is 1110. The molecule has 3 nitrogen and oxygen atoms in total. The van der Waals surface area contributed by atoms with Crippen LogP contribution in [0.1, 0.15) is 86.1 Å². The zero-order valence-corrected chi connectivity index (χ0v) is 22.4. The smallest absolute Gasteiger partial charge is 0.120 e. The molecule has 4 rings (SSSR count). The molecule has 1 aliphatic carbocycles. The lowest BCUT2D eigenvalue weighted by atomic mass is 9.79. The Balaban J connectivity index is 1.49. The first kappa shape index (κ1) is 26.1. The van der Waals surface area contributed by atoms with Gasteiger partial charge in [0.1, 0.15) is 11.5 Å². The number of benzene rings is 3. The van der Waals surface area contributed by atoms with Crippen LogP contribution in [0.2, 0.25) is 0 Å². The van der Waals surface area contributed by atoms with E-state index in [-0.39, 0.29) is 0 Å². The van der Waals surface area contributed by atoms with Gasteiger partial charge in [0.25, 0.3) is 0 Å². The van der Waals surface area contributed by atoms with E-state index >= 15 is 0 Å². The van der Waals surface area contributed by atoms with Crippen LogP contribution in [0.4, 0.5) is 5.69 Å². The first-order chi connectivity index (χ1) is 17.6. The van der Waals surface area contributed by atoms with Gasteiger partial charge in [0.05, 0.1) is 7.11 Å². The van der Waals surface area contributed by atoms with E-state index in [0.29, 0.717) is 11.7 Å². The summed E-state index contributed by atoms with van der Waals surface area (Å²) < 4.78 is 5.63. The molecule has 3 aromatic carbocycles. The zero-order valence-electron chi connectivity index (χ0n) is 22.4. The van der Waals surface area contributed by atoms with Gasteiger partial charge in [-0.05, 0) is 91.0 Å². The molecule has 0 spiro atoms. The summed E-state index contributed by atoms with van der Waals surface area (Å²) in [4.78, 5) is 2.49. The molecule has 0 aliphatic heterocycles. The van der Waals surface area contributed by atoms with Gasteiger partial charge in [0.15, 0.2) is 0 Å². The van der Waals surface area contributed by atoms with E-state index in [1.54, 1.807) is 7.11 Å². The number of phenols is 1. The SMILES string of the molecule is CCCCCCCc1ccc(CN(CC)c2cc(OC)ccc2[C@@H]2CCc3cc(O)ccc3C2)cc1. The van der Waals surface area contributed by atoms with Crippen LogP contribution >= 0.6 is 0 Å². The maximum Gasteiger partial charge on any atom is 0.120 e. The average Bonchev–Trinajstić information content (AvgIpc) is 2.91. The highest BCUT2D eigenvalue weighted by Gasteiger charge is 2.24. The summed E-state index contributed by atoms with van der Waals surface area (Å²) in [5.74, 6) is 1.75. The number of aromatic hydroxyl groups is 1.